The second kappa shape index (κ2) is 7.61. The standard InChI is InChI=1S/C23H26N2O/c1-15-7-6-8-19(9-15)20-10-16(2)11-21(12-20)24-14-22-18(4)23(26-5)17(3)13-25-22/h6-13,24H,14H2,1-5H3. The van der Waals surface area contributed by atoms with Crippen LogP contribution in [0.5, 0.6) is 5.75 Å². The average molecular weight is 346 g/mol. The summed E-state index contributed by atoms with van der Waals surface area (Å²) in [4.78, 5) is 4.57. The summed E-state index contributed by atoms with van der Waals surface area (Å²) in [7, 11) is 1.71. The van der Waals surface area contributed by atoms with Crippen LogP contribution in [0.4, 0.5) is 5.69 Å². The van der Waals surface area contributed by atoms with Gasteiger partial charge in [-0.2, -0.15) is 0 Å². The molecule has 0 amide bonds. The van der Waals surface area contributed by atoms with Gasteiger partial charge >= 0.3 is 0 Å². The summed E-state index contributed by atoms with van der Waals surface area (Å²) in [6.45, 7) is 8.99. The van der Waals surface area contributed by atoms with Crippen molar-refractivity contribution in [3.8, 4) is 16.9 Å². The van der Waals surface area contributed by atoms with E-state index in [0.29, 0.717) is 6.54 Å². The van der Waals surface area contributed by atoms with Crippen molar-refractivity contribution in [2.75, 3.05) is 12.4 Å². The van der Waals surface area contributed by atoms with Gasteiger partial charge in [0.05, 0.1) is 19.3 Å². The van der Waals surface area contributed by atoms with Crippen molar-refractivity contribution in [2.24, 2.45) is 0 Å². The van der Waals surface area contributed by atoms with Crippen LogP contribution in [0.3, 0.4) is 0 Å². The number of pyridine rings is 1. The van der Waals surface area contributed by atoms with Crippen LogP contribution in [-0.4, -0.2) is 12.1 Å². The third-order valence-electron chi connectivity index (χ3n) is 4.64. The lowest BCUT2D eigenvalue weighted by molar-refractivity contribution is 0.407. The molecule has 0 bridgehead atoms. The molecule has 26 heavy (non-hydrogen) atoms. The first kappa shape index (κ1) is 18.0. The van der Waals surface area contributed by atoms with Gasteiger partial charge in [0.2, 0.25) is 0 Å². The van der Waals surface area contributed by atoms with E-state index in [4.69, 9.17) is 4.74 Å². The van der Waals surface area contributed by atoms with Gasteiger partial charge in [0.1, 0.15) is 5.75 Å². The van der Waals surface area contributed by atoms with Gasteiger partial charge in [0.25, 0.3) is 0 Å². The minimum Gasteiger partial charge on any atom is -0.496 e. The van der Waals surface area contributed by atoms with Crippen LogP contribution in [0.15, 0.2) is 48.7 Å². The summed E-state index contributed by atoms with van der Waals surface area (Å²) in [5.41, 5.74) is 9.22. The number of nitrogens with zero attached hydrogens (tertiary/aromatic N) is 1. The number of hydrogen-bond donors (Lipinski definition) is 1. The number of ether oxygens (including phenoxy) is 1. The summed E-state index contributed by atoms with van der Waals surface area (Å²) in [6, 6.07) is 15.2. The van der Waals surface area contributed by atoms with Crippen molar-refractivity contribution >= 4 is 5.69 Å². The second-order valence-electron chi connectivity index (χ2n) is 6.86. The maximum Gasteiger partial charge on any atom is 0.128 e. The van der Waals surface area contributed by atoms with Gasteiger partial charge in [-0.1, -0.05) is 35.9 Å². The fraction of sp³-hybridized carbons (Fsp3) is 0.261. The topological polar surface area (TPSA) is 34.1 Å². The van der Waals surface area contributed by atoms with Crippen molar-refractivity contribution in [2.45, 2.75) is 34.2 Å². The first-order valence-electron chi connectivity index (χ1n) is 8.89. The largest absolute Gasteiger partial charge is 0.496 e. The van der Waals surface area contributed by atoms with E-state index in [0.717, 1.165) is 28.3 Å². The molecule has 1 N–H and O–H groups in total. The first-order chi connectivity index (χ1) is 12.5. The van der Waals surface area contributed by atoms with Crippen LogP contribution in [0.2, 0.25) is 0 Å². The van der Waals surface area contributed by atoms with E-state index in [2.05, 4.69) is 73.5 Å². The fourth-order valence-electron chi connectivity index (χ4n) is 3.31. The molecular formula is C23H26N2O. The number of nitrogens with one attached hydrogen (secondary N) is 1. The summed E-state index contributed by atoms with van der Waals surface area (Å²) in [6.07, 6.45) is 1.87. The lowest BCUT2D eigenvalue weighted by Gasteiger charge is -2.14. The van der Waals surface area contributed by atoms with E-state index in [1.807, 2.05) is 13.1 Å². The molecule has 1 heterocycles. The summed E-state index contributed by atoms with van der Waals surface area (Å²) >= 11 is 0. The molecule has 2 aromatic carbocycles. The Morgan fingerprint density at radius 3 is 2.42 bits per heavy atom. The molecule has 0 atom stereocenters. The van der Waals surface area contributed by atoms with E-state index in [1.54, 1.807) is 7.11 Å². The molecular weight excluding hydrogens is 320 g/mol. The zero-order valence-corrected chi connectivity index (χ0v) is 16.2. The Bertz CT molecular complexity index is 931. The molecule has 0 fully saturated rings. The molecule has 0 saturated heterocycles. The van der Waals surface area contributed by atoms with Crippen molar-refractivity contribution in [3.05, 3.63) is 76.6 Å². The maximum absolute atomic E-state index is 5.51. The third-order valence-corrected chi connectivity index (χ3v) is 4.64. The van der Waals surface area contributed by atoms with Gasteiger partial charge in [-0.15, -0.1) is 0 Å². The van der Waals surface area contributed by atoms with Crippen molar-refractivity contribution in [3.63, 3.8) is 0 Å². The Kier molecular flexibility index (Phi) is 5.27. The zero-order valence-electron chi connectivity index (χ0n) is 16.2. The Balaban J connectivity index is 1.85. The predicted molar refractivity (Wildman–Crippen MR) is 109 cm³/mol. The first-order valence-corrected chi connectivity index (χ1v) is 8.89. The SMILES string of the molecule is COc1c(C)cnc(CNc2cc(C)cc(-c3cccc(C)c3)c2)c1C. The number of aryl methyl sites for hydroxylation is 3. The van der Waals surface area contributed by atoms with Gasteiger partial charge < -0.3 is 10.1 Å². The number of methoxy groups -OCH3 is 1. The smallest absolute Gasteiger partial charge is 0.128 e. The van der Waals surface area contributed by atoms with Gasteiger partial charge in [-0.05, 0) is 56.5 Å². The molecule has 0 radical (unpaired) electrons. The monoisotopic (exact) mass is 346 g/mol. The molecule has 0 unspecified atom stereocenters. The van der Waals surface area contributed by atoms with Crippen LogP contribution in [0, 0.1) is 27.7 Å². The summed E-state index contributed by atoms with van der Waals surface area (Å²) < 4.78 is 5.51. The van der Waals surface area contributed by atoms with Gasteiger partial charge in [-0.3, -0.25) is 4.98 Å². The number of hydrogen-bond acceptors (Lipinski definition) is 3. The van der Waals surface area contributed by atoms with Crippen molar-refractivity contribution in [1.29, 1.82) is 0 Å². The highest BCUT2D eigenvalue weighted by atomic mass is 16.5. The van der Waals surface area contributed by atoms with Crippen LogP contribution in [-0.2, 0) is 6.54 Å². The molecule has 3 nitrogen and oxygen atoms in total. The van der Waals surface area contributed by atoms with Crippen LogP contribution >= 0.6 is 0 Å². The molecule has 134 valence electrons. The fourth-order valence-corrected chi connectivity index (χ4v) is 3.31. The molecule has 3 aromatic rings. The molecule has 0 aliphatic heterocycles. The van der Waals surface area contributed by atoms with Crippen molar-refractivity contribution in [1.82, 2.24) is 4.98 Å². The molecule has 3 heteroatoms. The number of aromatic nitrogens is 1. The van der Waals surface area contributed by atoms with Gasteiger partial charge in [-0.25, -0.2) is 0 Å². The van der Waals surface area contributed by atoms with Crippen molar-refractivity contribution < 1.29 is 4.74 Å². The Morgan fingerprint density at radius 2 is 1.69 bits per heavy atom. The molecule has 0 aliphatic carbocycles. The van der Waals surface area contributed by atoms with Gasteiger partial charge in [0.15, 0.2) is 0 Å². The van der Waals surface area contributed by atoms with E-state index in [-0.39, 0.29) is 0 Å². The Hall–Kier alpha value is -2.81. The van der Waals surface area contributed by atoms with Crippen LogP contribution in [0.1, 0.15) is 27.9 Å². The second-order valence-corrected chi connectivity index (χ2v) is 6.86. The summed E-state index contributed by atoms with van der Waals surface area (Å²) in [5, 5.41) is 3.52. The lowest BCUT2D eigenvalue weighted by atomic mass is 10.0. The van der Waals surface area contributed by atoms with Crippen LogP contribution in [0.25, 0.3) is 11.1 Å². The normalized spacial score (nSPS) is 10.7. The summed E-state index contributed by atoms with van der Waals surface area (Å²) in [5.74, 6) is 0.918. The van der Waals surface area contributed by atoms with E-state index in [1.165, 1.54) is 22.3 Å². The maximum atomic E-state index is 5.51. The molecule has 0 aliphatic rings. The molecule has 0 spiro atoms. The lowest BCUT2D eigenvalue weighted by Crippen LogP contribution is -2.06. The zero-order chi connectivity index (χ0) is 18.7. The number of anilines is 1. The average Bonchev–Trinajstić information content (AvgIpc) is 2.61. The Morgan fingerprint density at radius 1 is 0.923 bits per heavy atom. The minimum atomic E-state index is 0.666. The van der Waals surface area contributed by atoms with E-state index in [9.17, 15) is 0 Å². The highest BCUT2D eigenvalue weighted by Crippen LogP contribution is 2.27. The number of rotatable bonds is 5. The third kappa shape index (κ3) is 3.88. The van der Waals surface area contributed by atoms with Crippen LogP contribution < -0.4 is 10.1 Å². The molecule has 0 saturated carbocycles. The van der Waals surface area contributed by atoms with Gasteiger partial charge in [0, 0.05) is 23.0 Å². The van der Waals surface area contributed by atoms with E-state index < -0.39 is 0 Å². The number of benzene rings is 2. The Labute approximate surface area is 156 Å². The highest BCUT2D eigenvalue weighted by Gasteiger charge is 2.09. The predicted octanol–water partition coefficient (Wildman–Crippen LogP) is 5.60. The van der Waals surface area contributed by atoms with E-state index >= 15 is 0 Å². The molecule has 3 rings (SSSR count). The minimum absolute atomic E-state index is 0.666. The molecule has 1 aromatic heterocycles. The highest BCUT2D eigenvalue weighted by molar-refractivity contribution is 5.70. The quantitative estimate of drug-likeness (QED) is 0.652.